The second-order valence-corrected chi connectivity index (χ2v) is 6.33. The Hall–Kier alpha value is -1.55. The summed E-state index contributed by atoms with van der Waals surface area (Å²) in [5.74, 6) is 0.913. The Labute approximate surface area is 118 Å². The fourth-order valence-corrected chi connectivity index (χ4v) is 4.01. The van der Waals surface area contributed by atoms with Crippen molar-refractivity contribution >= 4 is 11.6 Å². The van der Waals surface area contributed by atoms with Gasteiger partial charge < -0.3 is 15.3 Å². The van der Waals surface area contributed by atoms with E-state index in [2.05, 4.69) is 11.4 Å². The fourth-order valence-electron chi connectivity index (χ4n) is 4.01. The van der Waals surface area contributed by atoms with Crippen LogP contribution in [0.15, 0.2) is 18.2 Å². The topological polar surface area (TPSA) is 52.6 Å². The van der Waals surface area contributed by atoms with E-state index < -0.39 is 0 Å². The molecule has 2 N–H and O–H groups in total. The lowest BCUT2D eigenvalue weighted by Crippen LogP contribution is -2.31. The first-order chi connectivity index (χ1) is 9.72. The number of anilines is 1. The molecule has 4 rings (SSSR count). The van der Waals surface area contributed by atoms with Gasteiger partial charge in [0.25, 0.3) is 5.91 Å². The number of fused-ring (bicyclic) bond motifs is 2. The number of hydrogen-bond donors (Lipinski definition) is 2. The summed E-state index contributed by atoms with van der Waals surface area (Å²) in [4.78, 5) is 14.5. The van der Waals surface area contributed by atoms with Gasteiger partial charge in [-0.05, 0) is 42.9 Å². The van der Waals surface area contributed by atoms with Crippen molar-refractivity contribution in [2.75, 3.05) is 25.0 Å². The van der Waals surface area contributed by atoms with E-state index in [1.807, 2.05) is 17.0 Å². The monoisotopic (exact) mass is 272 g/mol. The van der Waals surface area contributed by atoms with Gasteiger partial charge in [-0.25, -0.2) is 0 Å². The number of carbonyl (C=O) groups excluding carboxylic acids is 1. The van der Waals surface area contributed by atoms with Crippen LogP contribution in [0.2, 0.25) is 0 Å². The number of rotatable bonds is 1. The molecule has 1 aliphatic carbocycles. The van der Waals surface area contributed by atoms with Gasteiger partial charge in [-0.3, -0.25) is 4.79 Å². The standard InChI is InChI=1S/C16H20N2O2/c19-15-4-3-12-8-18(9-13(12)15)16(20)11-2-1-10-5-6-17-14(10)7-11/h1-2,7,12-13,15,17,19H,3-6,8-9H2. The second-order valence-electron chi connectivity index (χ2n) is 6.33. The summed E-state index contributed by atoms with van der Waals surface area (Å²) in [7, 11) is 0. The quantitative estimate of drug-likeness (QED) is 0.814. The fraction of sp³-hybridized carbons (Fsp3) is 0.562. The second kappa shape index (κ2) is 4.48. The normalized spacial score (nSPS) is 31.1. The highest BCUT2D eigenvalue weighted by molar-refractivity contribution is 5.95. The molecule has 0 aromatic heterocycles. The van der Waals surface area contributed by atoms with E-state index in [0.717, 1.165) is 50.1 Å². The smallest absolute Gasteiger partial charge is 0.253 e. The van der Waals surface area contributed by atoms with Gasteiger partial charge in [-0.1, -0.05) is 6.07 Å². The number of nitrogens with zero attached hydrogens (tertiary/aromatic N) is 1. The molecule has 2 heterocycles. The highest BCUT2D eigenvalue weighted by Gasteiger charge is 2.43. The first-order valence-corrected chi connectivity index (χ1v) is 7.56. The van der Waals surface area contributed by atoms with E-state index in [9.17, 15) is 9.90 Å². The molecular weight excluding hydrogens is 252 g/mol. The van der Waals surface area contributed by atoms with E-state index in [4.69, 9.17) is 0 Å². The summed E-state index contributed by atoms with van der Waals surface area (Å²) in [6, 6.07) is 5.99. The molecular formula is C16H20N2O2. The van der Waals surface area contributed by atoms with E-state index >= 15 is 0 Å². The van der Waals surface area contributed by atoms with Crippen molar-refractivity contribution in [1.29, 1.82) is 0 Å². The molecule has 0 spiro atoms. The molecule has 2 fully saturated rings. The third kappa shape index (κ3) is 1.82. The zero-order valence-corrected chi connectivity index (χ0v) is 11.5. The molecule has 3 atom stereocenters. The molecule has 1 aromatic rings. The zero-order valence-electron chi connectivity index (χ0n) is 11.5. The third-order valence-corrected chi connectivity index (χ3v) is 5.17. The van der Waals surface area contributed by atoms with Gasteiger partial charge in [0.05, 0.1) is 6.10 Å². The molecule has 1 saturated heterocycles. The average Bonchev–Trinajstić information content (AvgIpc) is 3.14. The van der Waals surface area contributed by atoms with Crippen molar-refractivity contribution in [2.45, 2.75) is 25.4 Å². The minimum absolute atomic E-state index is 0.114. The van der Waals surface area contributed by atoms with Crippen LogP contribution < -0.4 is 5.32 Å². The Balaban J connectivity index is 1.53. The SMILES string of the molecule is O=C(c1ccc2c(c1)NCC2)N1CC2CCC(O)C2C1. The highest BCUT2D eigenvalue weighted by atomic mass is 16.3. The first-order valence-electron chi connectivity index (χ1n) is 7.56. The van der Waals surface area contributed by atoms with Crippen LogP contribution in [-0.2, 0) is 6.42 Å². The van der Waals surface area contributed by atoms with E-state index in [1.54, 1.807) is 0 Å². The molecule has 0 radical (unpaired) electrons. The van der Waals surface area contributed by atoms with Crippen molar-refractivity contribution in [1.82, 2.24) is 4.90 Å². The summed E-state index contributed by atoms with van der Waals surface area (Å²) in [5.41, 5.74) is 3.18. The van der Waals surface area contributed by atoms with Crippen molar-refractivity contribution < 1.29 is 9.90 Å². The summed E-state index contributed by atoms with van der Waals surface area (Å²) in [6.07, 6.45) is 2.80. The van der Waals surface area contributed by atoms with Crippen LogP contribution in [0.1, 0.15) is 28.8 Å². The molecule has 106 valence electrons. The molecule has 2 aliphatic heterocycles. The number of aliphatic hydroxyl groups excluding tert-OH is 1. The van der Waals surface area contributed by atoms with Gasteiger partial charge in [-0.15, -0.1) is 0 Å². The Morgan fingerprint density at radius 3 is 3.05 bits per heavy atom. The van der Waals surface area contributed by atoms with Crippen molar-refractivity contribution in [3.63, 3.8) is 0 Å². The Morgan fingerprint density at radius 1 is 1.30 bits per heavy atom. The summed E-state index contributed by atoms with van der Waals surface area (Å²) in [6.45, 7) is 2.49. The van der Waals surface area contributed by atoms with E-state index in [0.29, 0.717) is 11.8 Å². The van der Waals surface area contributed by atoms with Crippen LogP contribution in [0.25, 0.3) is 0 Å². The number of nitrogens with one attached hydrogen (secondary N) is 1. The van der Waals surface area contributed by atoms with Gasteiger partial charge in [0.1, 0.15) is 0 Å². The molecule has 1 amide bonds. The Kier molecular flexibility index (Phi) is 2.74. The van der Waals surface area contributed by atoms with Crippen LogP contribution >= 0.6 is 0 Å². The van der Waals surface area contributed by atoms with Gasteiger partial charge in [0.15, 0.2) is 0 Å². The Bertz CT molecular complexity index is 557. The number of hydrogen-bond acceptors (Lipinski definition) is 3. The average molecular weight is 272 g/mol. The summed E-state index contributed by atoms with van der Waals surface area (Å²) < 4.78 is 0. The number of carbonyl (C=O) groups is 1. The predicted octanol–water partition coefficient (Wildman–Crippen LogP) is 1.50. The lowest BCUT2D eigenvalue weighted by molar-refractivity contribution is 0.0752. The molecule has 4 nitrogen and oxygen atoms in total. The highest BCUT2D eigenvalue weighted by Crippen LogP contribution is 2.38. The van der Waals surface area contributed by atoms with Crippen LogP contribution in [0, 0.1) is 11.8 Å². The molecule has 3 unspecified atom stereocenters. The Morgan fingerprint density at radius 2 is 2.20 bits per heavy atom. The third-order valence-electron chi connectivity index (χ3n) is 5.17. The number of likely N-dealkylation sites (tertiary alicyclic amines) is 1. The lowest BCUT2D eigenvalue weighted by Gasteiger charge is -2.19. The van der Waals surface area contributed by atoms with Crippen LogP contribution in [-0.4, -0.2) is 41.7 Å². The van der Waals surface area contributed by atoms with Crippen molar-refractivity contribution in [3.8, 4) is 0 Å². The van der Waals surface area contributed by atoms with Crippen LogP contribution in [0.3, 0.4) is 0 Å². The molecule has 1 aromatic carbocycles. The molecule has 0 bridgehead atoms. The number of amides is 1. The van der Waals surface area contributed by atoms with E-state index in [-0.39, 0.29) is 12.0 Å². The molecule has 20 heavy (non-hydrogen) atoms. The first kappa shape index (κ1) is 12.2. The molecule has 1 saturated carbocycles. The van der Waals surface area contributed by atoms with Gasteiger partial charge in [0, 0.05) is 36.8 Å². The maximum Gasteiger partial charge on any atom is 0.253 e. The summed E-state index contributed by atoms with van der Waals surface area (Å²) in [5, 5.41) is 13.3. The minimum Gasteiger partial charge on any atom is -0.393 e. The van der Waals surface area contributed by atoms with Crippen molar-refractivity contribution in [3.05, 3.63) is 29.3 Å². The largest absolute Gasteiger partial charge is 0.393 e. The maximum absolute atomic E-state index is 12.6. The van der Waals surface area contributed by atoms with Crippen LogP contribution in [0.4, 0.5) is 5.69 Å². The minimum atomic E-state index is -0.209. The number of benzene rings is 1. The zero-order chi connectivity index (χ0) is 13.7. The van der Waals surface area contributed by atoms with Gasteiger partial charge in [-0.2, -0.15) is 0 Å². The van der Waals surface area contributed by atoms with E-state index in [1.165, 1.54) is 5.56 Å². The van der Waals surface area contributed by atoms with Crippen LogP contribution in [0.5, 0.6) is 0 Å². The molecule has 3 aliphatic rings. The maximum atomic E-state index is 12.6. The lowest BCUT2D eigenvalue weighted by atomic mass is 10.00. The molecule has 4 heteroatoms. The number of aliphatic hydroxyl groups is 1. The van der Waals surface area contributed by atoms with Gasteiger partial charge in [0.2, 0.25) is 0 Å². The predicted molar refractivity (Wildman–Crippen MR) is 76.8 cm³/mol. The van der Waals surface area contributed by atoms with Gasteiger partial charge >= 0.3 is 0 Å². The summed E-state index contributed by atoms with van der Waals surface area (Å²) >= 11 is 0. The van der Waals surface area contributed by atoms with Crippen molar-refractivity contribution in [2.24, 2.45) is 11.8 Å².